The Morgan fingerprint density at radius 1 is 1.05 bits per heavy atom. The van der Waals surface area contributed by atoms with Crippen LogP contribution in [0.15, 0.2) is 69.0 Å². The van der Waals surface area contributed by atoms with E-state index in [0.717, 1.165) is 65.6 Å². The van der Waals surface area contributed by atoms with Gasteiger partial charge in [0, 0.05) is 23.6 Å². The number of hydrogen-bond donors (Lipinski definition) is 2. The zero-order valence-electron chi connectivity index (χ0n) is 25.1. The van der Waals surface area contributed by atoms with Gasteiger partial charge in [-0.3, -0.25) is 18.9 Å². The van der Waals surface area contributed by atoms with Crippen molar-refractivity contribution in [2.24, 2.45) is 0 Å². The Balaban J connectivity index is 1.30. The van der Waals surface area contributed by atoms with Crippen LogP contribution in [0, 0.1) is 0 Å². The largest absolute Gasteiger partial charge is 0.439 e. The van der Waals surface area contributed by atoms with Crippen molar-refractivity contribution >= 4 is 5.78 Å². The molecule has 2 aromatic carbocycles. The maximum atomic E-state index is 14.3. The van der Waals surface area contributed by atoms with Crippen molar-refractivity contribution in [2.45, 2.75) is 83.5 Å². The van der Waals surface area contributed by atoms with Gasteiger partial charge >= 0.3 is 5.76 Å². The van der Waals surface area contributed by atoms with Gasteiger partial charge in [0.2, 0.25) is 5.78 Å². The number of aryl methyl sites for hydroxylation is 1. The van der Waals surface area contributed by atoms with E-state index in [1.54, 1.807) is 0 Å². The summed E-state index contributed by atoms with van der Waals surface area (Å²) >= 11 is 0. The second kappa shape index (κ2) is 13.1. The predicted molar refractivity (Wildman–Crippen MR) is 166 cm³/mol. The van der Waals surface area contributed by atoms with Crippen LogP contribution >= 0.6 is 0 Å². The van der Waals surface area contributed by atoms with Crippen molar-refractivity contribution in [1.82, 2.24) is 29.3 Å². The number of hydrogen-bond acceptors (Lipinski definition) is 8. The number of nitrogens with one attached hydrogen (secondary N) is 1. The summed E-state index contributed by atoms with van der Waals surface area (Å²) in [7, 11) is 0. The van der Waals surface area contributed by atoms with Crippen molar-refractivity contribution in [3.63, 3.8) is 0 Å². The monoisotopic (exact) mass is 598 g/mol. The number of aromatic nitrogens is 6. The molecule has 1 aliphatic carbocycles. The van der Waals surface area contributed by atoms with E-state index in [4.69, 9.17) is 9.26 Å². The fraction of sp³-hybridized carbons (Fsp3) is 0.424. The number of aliphatic hydroxyl groups is 1. The van der Waals surface area contributed by atoms with Crippen LogP contribution in [0.5, 0.6) is 0 Å². The maximum absolute atomic E-state index is 14.3. The van der Waals surface area contributed by atoms with Crippen molar-refractivity contribution < 1.29 is 14.4 Å². The summed E-state index contributed by atoms with van der Waals surface area (Å²) in [5.41, 5.74) is 5.26. The van der Waals surface area contributed by atoms with Gasteiger partial charge in [-0.15, -0.1) is 0 Å². The molecular weight excluding hydrogens is 560 g/mol. The average Bonchev–Trinajstić information content (AvgIpc) is 3.72. The summed E-state index contributed by atoms with van der Waals surface area (Å²) < 4.78 is 14.4. The average molecular weight is 599 g/mol. The van der Waals surface area contributed by atoms with Gasteiger partial charge in [-0.2, -0.15) is 10.1 Å². The molecule has 0 radical (unpaired) electrons. The van der Waals surface area contributed by atoms with Gasteiger partial charge in [0.05, 0.1) is 24.5 Å². The van der Waals surface area contributed by atoms with E-state index in [0.29, 0.717) is 37.5 Å². The standard InChI is InChI=1S/C33H38N6O5/c1-3-7-29-28(18-21-10-12-22(13-11-21)26-8-5-6-9-27(26)30-36-33(42)44-37-30)31(41)38(32-34-20-35-39(29)32)23-14-16-25(17-15-23)43-19-24(40)4-2/h5-6,8-13,20,23-25,40H,3-4,7,14-19H2,1-2H3,(H,36,37,42). The third kappa shape index (κ3) is 6.02. The molecule has 0 amide bonds. The lowest BCUT2D eigenvalue weighted by molar-refractivity contribution is -0.0293. The highest BCUT2D eigenvalue weighted by Crippen LogP contribution is 2.32. The first-order valence-corrected chi connectivity index (χ1v) is 15.5. The summed E-state index contributed by atoms with van der Waals surface area (Å²) in [4.78, 5) is 33.0. The van der Waals surface area contributed by atoms with Crippen LogP contribution in [0.25, 0.3) is 28.3 Å². The molecule has 0 spiro atoms. The van der Waals surface area contributed by atoms with Crippen LogP contribution in [0.3, 0.4) is 0 Å². The first-order valence-electron chi connectivity index (χ1n) is 15.5. The highest BCUT2D eigenvalue weighted by molar-refractivity contribution is 5.80. The highest BCUT2D eigenvalue weighted by Gasteiger charge is 2.28. The first kappa shape index (κ1) is 29.7. The number of aliphatic hydroxyl groups excluding tert-OH is 1. The summed E-state index contributed by atoms with van der Waals surface area (Å²) in [5.74, 6) is 0.363. The number of rotatable bonds is 11. The molecule has 1 unspecified atom stereocenters. The van der Waals surface area contributed by atoms with E-state index in [1.165, 1.54) is 6.33 Å². The zero-order chi connectivity index (χ0) is 30.6. The van der Waals surface area contributed by atoms with E-state index in [2.05, 4.69) is 27.1 Å². The number of H-pyrrole nitrogens is 1. The lowest BCUT2D eigenvalue weighted by Gasteiger charge is -2.31. The Hall–Kier alpha value is -4.35. The minimum atomic E-state index is -0.601. The molecule has 230 valence electrons. The lowest BCUT2D eigenvalue weighted by atomic mass is 9.92. The minimum absolute atomic E-state index is 0.00132. The molecule has 0 aliphatic heterocycles. The van der Waals surface area contributed by atoms with Gasteiger partial charge in [0.25, 0.3) is 5.56 Å². The molecular formula is C33H38N6O5. The van der Waals surface area contributed by atoms with Crippen LogP contribution in [0.2, 0.25) is 0 Å². The number of aromatic amines is 1. The third-order valence-electron chi connectivity index (χ3n) is 8.59. The van der Waals surface area contributed by atoms with E-state index >= 15 is 0 Å². The van der Waals surface area contributed by atoms with Crippen LogP contribution in [-0.2, 0) is 17.6 Å². The molecule has 0 bridgehead atoms. The molecule has 11 nitrogen and oxygen atoms in total. The van der Waals surface area contributed by atoms with Crippen molar-refractivity contribution in [3.8, 4) is 22.5 Å². The van der Waals surface area contributed by atoms with E-state index in [9.17, 15) is 14.7 Å². The topological polar surface area (TPSA) is 141 Å². The Bertz CT molecular complexity index is 1830. The zero-order valence-corrected chi connectivity index (χ0v) is 25.1. The predicted octanol–water partition coefficient (Wildman–Crippen LogP) is 4.72. The molecule has 1 aliphatic rings. The molecule has 1 saturated carbocycles. The minimum Gasteiger partial charge on any atom is -0.391 e. The Labute approximate surface area is 254 Å². The molecule has 44 heavy (non-hydrogen) atoms. The van der Waals surface area contributed by atoms with Gasteiger partial charge in [-0.1, -0.05) is 74.0 Å². The Kier molecular flexibility index (Phi) is 8.85. The van der Waals surface area contributed by atoms with Crippen LogP contribution in [0.1, 0.15) is 75.2 Å². The van der Waals surface area contributed by atoms with Crippen LogP contribution < -0.4 is 11.3 Å². The van der Waals surface area contributed by atoms with Gasteiger partial charge in [-0.25, -0.2) is 9.31 Å². The fourth-order valence-corrected chi connectivity index (χ4v) is 6.21. The van der Waals surface area contributed by atoms with Crippen molar-refractivity contribution in [2.75, 3.05) is 6.61 Å². The van der Waals surface area contributed by atoms with E-state index in [-0.39, 0.29) is 17.7 Å². The summed E-state index contributed by atoms with van der Waals surface area (Å²) in [5, 5.41) is 18.3. The van der Waals surface area contributed by atoms with Gasteiger partial charge in [-0.05, 0) is 55.2 Å². The van der Waals surface area contributed by atoms with Crippen LogP contribution in [0.4, 0.5) is 0 Å². The van der Waals surface area contributed by atoms with Gasteiger partial charge < -0.3 is 9.84 Å². The van der Waals surface area contributed by atoms with Gasteiger partial charge in [0.15, 0.2) is 5.82 Å². The number of fused-ring (bicyclic) bond motifs is 1. The normalized spacial score (nSPS) is 17.7. The molecule has 1 fully saturated rings. The Morgan fingerprint density at radius 3 is 2.48 bits per heavy atom. The second-order valence-electron chi connectivity index (χ2n) is 11.5. The quantitative estimate of drug-likeness (QED) is 0.223. The Morgan fingerprint density at radius 2 is 1.80 bits per heavy atom. The maximum Gasteiger partial charge on any atom is 0.439 e. The highest BCUT2D eigenvalue weighted by atomic mass is 16.5. The summed E-state index contributed by atoms with van der Waals surface area (Å²) in [6.45, 7) is 4.39. The lowest BCUT2D eigenvalue weighted by Crippen LogP contribution is -2.35. The van der Waals surface area contributed by atoms with Crippen molar-refractivity contribution in [3.05, 3.63) is 92.6 Å². The molecule has 1 atom stereocenters. The third-order valence-corrected chi connectivity index (χ3v) is 8.59. The summed E-state index contributed by atoms with van der Waals surface area (Å²) in [6, 6.07) is 15.8. The van der Waals surface area contributed by atoms with Gasteiger partial charge in [0.1, 0.15) is 6.33 Å². The van der Waals surface area contributed by atoms with E-state index in [1.807, 2.05) is 64.5 Å². The van der Waals surface area contributed by atoms with Crippen molar-refractivity contribution in [1.29, 1.82) is 0 Å². The molecule has 2 N–H and O–H groups in total. The number of ether oxygens (including phenoxy) is 1. The molecule has 6 rings (SSSR count). The molecule has 0 saturated heterocycles. The number of nitrogens with zero attached hydrogens (tertiary/aromatic N) is 5. The fourth-order valence-electron chi connectivity index (χ4n) is 6.21. The summed E-state index contributed by atoms with van der Waals surface area (Å²) in [6.07, 6.45) is 7.15. The van der Waals surface area contributed by atoms with E-state index < -0.39 is 11.9 Å². The SMILES string of the molecule is CCCc1c(Cc2ccc(-c3ccccc3-c3noc(=O)[nH]3)cc2)c(=O)n(C2CCC(OCC(O)CC)CC2)c2ncnn12. The van der Waals surface area contributed by atoms with Crippen LogP contribution in [-0.4, -0.2) is 53.2 Å². The smallest absolute Gasteiger partial charge is 0.391 e. The molecule has 5 aromatic rings. The molecule has 3 heterocycles. The number of benzene rings is 2. The molecule has 11 heteroatoms. The second-order valence-corrected chi connectivity index (χ2v) is 11.5. The first-order chi connectivity index (χ1) is 21.5. The molecule has 3 aromatic heterocycles.